The van der Waals surface area contributed by atoms with E-state index in [4.69, 9.17) is 15.2 Å². The lowest BCUT2D eigenvalue weighted by atomic mass is 9.88. The first-order valence-corrected chi connectivity index (χ1v) is 4.30. The molecule has 4 nitrogen and oxygen atoms in total. The minimum Gasteiger partial charge on any atom is -0.359 e. The summed E-state index contributed by atoms with van der Waals surface area (Å²) in [5.74, 6) is 0. The van der Waals surface area contributed by atoms with E-state index in [2.05, 4.69) is 5.32 Å². The quantitative estimate of drug-likeness (QED) is 0.437. The Morgan fingerprint density at radius 1 is 1.58 bits per heavy atom. The normalized spacial score (nSPS) is 29.5. The summed E-state index contributed by atoms with van der Waals surface area (Å²) >= 11 is 0. The number of hydrogen-bond donors (Lipinski definition) is 2. The van der Waals surface area contributed by atoms with Crippen molar-refractivity contribution in [1.82, 2.24) is 5.32 Å². The van der Waals surface area contributed by atoms with Gasteiger partial charge < -0.3 is 20.5 Å². The van der Waals surface area contributed by atoms with Crippen molar-refractivity contribution in [2.75, 3.05) is 40.1 Å². The summed E-state index contributed by atoms with van der Waals surface area (Å²) in [4.78, 5) is 0. The molecular formula is C8H18N2O2. The van der Waals surface area contributed by atoms with E-state index in [-0.39, 0.29) is 5.41 Å². The van der Waals surface area contributed by atoms with Crippen LogP contribution in [0.2, 0.25) is 0 Å². The Labute approximate surface area is 73.4 Å². The number of nitrogens with one attached hydrogen (secondary N) is 1. The third-order valence-corrected chi connectivity index (χ3v) is 2.37. The van der Waals surface area contributed by atoms with Gasteiger partial charge in [0.05, 0.1) is 6.61 Å². The summed E-state index contributed by atoms with van der Waals surface area (Å²) in [6, 6.07) is 0. The molecule has 1 rings (SSSR count). The Hall–Kier alpha value is -0.160. The van der Waals surface area contributed by atoms with Crippen molar-refractivity contribution in [3.05, 3.63) is 0 Å². The van der Waals surface area contributed by atoms with Gasteiger partial charge in [-0.2, -0.15) is 0 Å². The molecule has 1 saturated heterocycles. The molecule has 4 heteroatoms. The van der Waals surface area contributed by atoms with Crippen LogP contribution in [0.3, 0.4) is 0 Å². The third-order valence-electron chi connectivity index (χ3n) is 2.37. The minimum absolute atomic E-state index is 0.151. The van der Waals surface area contributed by atoms with Crippen molar-refractivity contribution in [1.29, 1.82) is 0 Å². The van der Waals surface area contributed by atoms with Crippen molar-refractivity contribution < 1.29 is 9.47 Å². The average molecular weight is 174 g/mol. The van der Waals surface area contributed by atoms with Gasteiger partial charge in [-0.05, 0) is 13.0 Å². The molecule has 12 heavy (non-hydrogen) atoms. The van der Waals surface area contributed by atoms with Crippen LogP contribution in [0.25, 0.3) is 0 Å². The molecule has 0 aliphatic carbocycles. The van der Waals surface area contributed by atoms with Crippen molar-refractivity contribution >= 4 is 0 Å². The lowest BCUT2D eigenvalue weighted by molar-refractivity contribution is -0.0593. The van der Waals surface area contributed by atoms with E-state index in [1.165, 1.54) is 0 Å². The van der Waals surface area contributed by atoms with Gasteiger partial charge in [0.2, 0.25) is 0 Å². The van der Waals surface area contributed by atoms with Crippen LogP contribution in [0.15, 0.2) is 0 Å². The van der Waals surface area contributed by atoms with Gasteiger partial charge in [-0.1, -0.05) is 0 Å². The third kappa shape index (κ3) is 2.42. The predicted octanol–water partition coefficient (Wildman–Crippen LogP) is -0.455. The Kier molecular flexibility index (Phi) is 3.94. The molecule has 0 amide bonds. The van der Waals surface area contributed by atoms with Crippen LogP contribution in [0.4, 0.5) is 0 Å². The van der Waals surface area contributed by atoms with Gasteiger partial charge in [-0.15, -0.1) is 0 Å². The van der Waals surface area contributed by atoms with Crippen LogP contribution >= 0.6 is 0 Å². The van der Waals surface area contributed by atoms with Crippen LogP contribution in [0, 0.1) is 5.41 Å². The highest BCUT2D eigenvalue weighted by molar-refractivity contribution is 4.88. The first-order chi connectivity index (χ1) is 5.83. The standard InChI is InChI=1S/C8H18N2O2/c1-11-7-12-6-8(4-9)2-3-10-5-8/h10H,2-7,9H2,1H3/t8-/m1/s1. The van der Waals surface area contributed by atoms with E-state index in [1.807, 2.05) is 0 Å². The van der Waals surface area contributed by atoms with Crippen LogP contribution in [0.5, 0.6) is 0 Å². The zero-order valence-electron chi connectivity index (χ0n) is 7.64. The Morgan fingerprint density at radius 2 is 2.42 bits per heavy atom. The summed E-state index contributed by atoms with van der Waals surface area (Å²) in [5.41, 5.74) is 5.84. The second-order valence-electron chi connectivity index (χ2n) is 3.39. The molecule has 1 aliphatic rings. The van der Waals surface area contributed by atoms with Gasteiger partial charge in [0.15, 0.2) is 0 Å². The summed E-state index contributed by atoms with van der Waals surface area (Å²) in [5, 5.41) is 3.29. The average Bonchev–Trinajstić information content (AvgIpc) is 2.55. The molecule has 1 fully saturated rings. The van der Waals surface area contributed by atoms with Crippen LogP contribution in [0.1, 0.15) is 6.42 Å². The van der Waals surface area contributed by atoms with Crippen molar-refractivity contribution in [3.8, 4) is 0 Å². The molecular weight excluding hydrogens is 156 g/mol. The first kappa shape index (κ1) is 9.92. The molecule has 1 heterocycles. The molecule has 0 aromatic carbocycles. The fraction of sp³-hybridized carbons (Fsp3) is 1.00. The highest BCUT2D eigenvalue weighted by Crippen LogP contribution is 2.23. The molecule has 3 N–H and O–H groups in total. The molecule has 0 spiro atoms. The smallest absolute Gasteiger partial charge is 0.146 e. The second-order valence-corrected chi connectivity index (χ2v) is 3.39. The summed E-state index contributed by atoms with van der Waals surface area (Å²) < 4.78 is 10.1. The zero-order chi connectivity index (χ0) is 8.86. The molecule has 0 bridgehead atoms. The SMILES string of the molecule is COCOC[C@@]1(CN)CCNC1. The molecule has 1 aliphatic heterocycles. The number of hydrogen-bond acceptors (Lipinski definition) is 4. The highest BCUT2D eigenvalue weighted by atomic mass is 16.7. The molecule has 72 valence electrons. The van der Waals surface area contributed by atoms with Crippen LogP contribution < -0.4 is 11.1 Å². The van der Waals surface area contributed by atoms with Gasteiger partial charge in [0.25, 0.3) is 0 Å². The number of ether oxygens (including phenoxy) is 2. The number of rotatable bonds is 5. The first-order valence-electron chi connectivity index (χ1n) is 4.30. The van der Waals surface area contributed by atoms with Gasteiger partial charge in [0.1, 0.15) is 6.79 Å². The Morgan fingerprint density at radius 3 is 2.92 bits per heavy atom. The summed E-state index contributed by atoms with van der Waals surface area (Å²) in [7, 11) is 1.63. The topological polar surface area (TPSA) is 56.5 Å². The van der Waals surface area contributed by atoms with E-state index >= 15 is 0 Å². The highest BCUT2D eigenvalue weighted by Gasteiger charge is 2.32. The van der Waals surface area contributed by atoms with Crippen molar-refractivity contribution in [3.63, 3.8) is 0 Å². The fourth-order valence-corrected chi connectivity index (χ4v) is 1.49. The monoisotopic (exact) mass is 174 g/mol. The number of nitrogens with two attached hydrogens (primary N) is 1. The van der Waals surface area contributed by atoms with E-state index < -0.39 is 0 Å². The maximum atomic E-state index is 5.69. The van der Waals surface area contributed by atoms with Crippen LogP contribution in [-0.2, 0) is 9.47 Å². The molecule has 0 aromatic rings. The fourth-order valence-electron chi connectivity index (χ4n) is 1.49. The lowest BCUT2D eigenvalue weighted by Gasteiger charge is -2.25. The van der Waals surface area contributed by atoms with E-state index in [1.54, 1.807) is 7.11 Å². The maximum Gasteiger partial charge on any atom is 0.146 e. The summed E-state index contributed by atoms with van der Waals surface area (Å²) in [6.07, 6.45) is 1.10. The lowest BCUT2D eigenvalue weighted by Crippen LogP contribution is -2.37. The van der Waals surface area contributed by atoms with Crippen molar-refractivity contribution in [2.24, 2.45) is 11.1 Å². The molecule has 0 radical (unpaired) electrons. The van der Waals surface area contributed by atoms with Gasteiger partial charge in [-0.3, -0.25) is 0 Å². The largest absolute Gasteiger partial charge is 0.359 e. The Bertz CT molecular complexity index is 124. The zero-order valence-corrected chi connectivity index (χ0v) is 7.64. The molecule has 1 atom stereocenters. The van der Waals surface area contributed by atoms with Gasteiger partial charge in [-0.25, -0.2) is 0 Å². The van der Waals surface area contributed by atoms with E-state index in [9.17, 15) is 0 Å². The maximum absolute atomic E-state index is 5.69. The van der Waals surface area contributed by atoms with Crippen LogP contribution in [-0.4, -0.2) is 40.1 Å². The van der Waals surface area contributed by atoms with Gasteiger partial charge >= 0.3 is 0 Å². The molecule has 0 aromatic heterocycles. The van der Waals surface area contributed by atoms with Gasteiger partial charge in [0, 0.05) is 25.6 Å². The minimum atomic E-state index is 0.151. The summed E-state index contributed by atoms with van der Waals surface area (Å²) in [6.45, 7) is 3.76. The van der Waals surface area contributed by atoms with E-state index in [0.29, 0.717) is 19.9 Å². The Balaban J connectivity index is 2.24. The molecule has 0 unspecified atom stereocenters. The predicted molar refractivity (Wildman–Crippen MR) is 46.8 cm³/mol. The van der Waals surface area contributed by atoms with Crippen molar-refractivity contribution in [2.45, 2.75) is 6.42 Å². The second kappa shape index (κ2) is 4.77. The number of methoxy groups -OCH3 is 1. The molecule has 0 saturated carbocycles. The van der Waals surface area contributed by atoms with E-state index in [0.717, 1.165) is 19.5 Å².